The van der Waals surface area contributed by atoms with Crippen LogP contribution in [-0.2, 0) is 6.54 Å². The second-order valence-corrected chi connectivity index (χ2v) is 8.36. The Kier molecular flexibility index (Phi) is 5.47. The molecule has 2 heterocycles. The third-order valence-electron chi connectivity index (χ3n) is 5.46. The van der Waals surface area contributed by atoms with Gasteiger partial charge < -0.3 is 20.3 Å². The summed E-state index contributed by atoms with van der Waals surface area (Å²) < 4.78 is 19.9. The third-order valence-corrected chi connectivity index (χ3v) is 6.37. The highest BCUT2D eigenvalue weighted by atomic mass is 32.1. The quantitative estimate of drug-likeness (QED) is 0.660. The number of carboxylic acid groups (broad SMARTS) is 1. The second kappa shape index (κ2) is 8.04. The van der Waals surface area contributed by atoms with Crippen molar-refractivity contribution >= 4 is 28.8 Å². The Morgan fingerprint density at radius 3 is 2.86 bits per heavy atom. The van der Waals surface area contributed by atoms with Crippen LogP contribution >= 0.6 is 11.3 Å². The molecule has 2 aromatic rings. The first-order valence-corrected chi connectivity index (χ1v) is 10.5. The topological polar surface area (TPSA) is 82.0 Å². The standard InChI is InChI=1S/C21H23FN2O4S/c1-12-20(14-8-9-29-19(14)11-24(12)21(26)27)23-15-7-6-13(22)10-18(15)28-17-5-3-2-4-16(17)25/h6-10,16-17,23,25H,2-5,11H2,1H3,(H,26,27)/t16-,17-/m1/s1. The van der Waals surface area contributed by atoms with Crippen LogP contribution in [0.2, 0.25) is 0 Å². The zero-order valence-electron chi connectivity index (χ0n) is 16.0. The van der Waals surface area contributed by atoms with E-state index in [9.17, 15) is 19.4 Å². The fraction of sp³-hybridized carbons (Fsp3) is 0.381. The molecular weight excluding hydrogens is 395 g/mol. The number of ether oxygens (including phenoxy) is 1. The van der Waals surface area contributed by atoms with Gasteiger partial charge in [-0.1, -0.05) is 6.42 Å². The first-order chi connectivity index (χ1) is 13.9. The summed E-state index contributed by atoms with van der Waals surface area (Å²) in [6.45, 7) is 2.05. The first kappa shape index (κ1) is 19.7. The highest BCUT2D eigenvalue weighted by molar-refractivity contribution is 7.10. The van der Waals surface area contributed by atoms with E-state index in [0.29, 0.717) is 42.2 Å². The number of aliphatic hydroxyl groups is 1. The highest BCUT2D eigenvalue weighted by Crippen LogP contribution is 2.38. The number of allylic oxidation sites excluding steroid dienone is 1. The third kappa shape index (κ3) is 3.95. The number of benzene rings is 1. The monoisotopic (exact) mass is 418 g/mol. The van der Waals surface area contributed by atoms with Crippen molar-refractivity contribution in [1.29, 1.82) is 0 Å². The van der Waals surface area contributed by atoms with Crippen molar-refractivity contribution in [3.63, 3.8) is 0 Å². The minimum absolute atomic E-state index is 0.306. The molecule has 2 aliphatic rings. The van der Waals surface area contributed by atoms with Gasteiger partial charge in [0.2, 0.25) is 0 Å². The number of nitrogens with zero attached hydrogens (tertiary/aromatic N) is 1. The molecule has 4 rings (SSSR count). The Morgan fingerprint density at radius 1 is 1.31 bits per heavy atom. The van der Waals surface area contributed by atoms with Gasteiger partial charge in [0.1, 0.15) is 17.7 Å². The molecule has 1 saturated carbocycles. The van der Waals surface area contributed by atoms with E-state index in [0.717, 1.165) is 23.3 Å². The molecule has 1 aromatic carbocycles. The molecule has 8 heteroatoms. The van der Waals surface area contributed by atoms with E-state index in [1.165, 1.54) is 28.4 Å². The SMILES string of the molecule is CC1=C(Nc2ccc(F)cc2O[C@@H]2CCCC[C@H]2O)c2ccsc2CN1C(=O)O. The molecule has 0 saturated heterocycles. The van der Waals surface area contributed by atoms with Crippen molar-refractivity contribution in [2.45, 2.75) is 51.4 Å². The van der Waals surface area contributed by atoms with Crippen LogP contribution in [0.4, 0.5) is 14.9 Å². The van der Waals surface area contributed by atoms with E-state index < -0.39 is 18.0 Å². The highest BCUT2D eigenvalue weighted by Gasteiger charge is 2.29. The lowest BCUT2D eigenvalue weighted by atomic mass is 9.95. The molecule has 2 atom stereocenters. The maximum Gasteiger partial charge on any atom is 0.411 e. The fourth-order valence-corrected chi connectivity index (χ4v) is 4.73. The lowest BCUT2D eigenvalue weighted by Crippen LogP contribution is -2.35. The molecule has 154 valence electrons. The van der Waals surface area contributed by atoms with Crippen molar-refractivity contribution in [3.05, 3.63) is 51.6 Å². The molecule has 0 unspecified atom stereocenters. The summed E-state index contributed by atoms with van der Waals surface area (Å²) in [4.78, 5) is 13.9. The number of hydrogen-bond donors (Lipinski definition) is 3. The lowest BCUT2D eigenvalue weighted by molar-refractivity contribution is 0.00712. The van der Waals surface area contributed by atoms with Crippen molar-refractivity contribution in [2.75, 3.05) is 5.32 Å². The van der Waals surface area contributed by atoms with Crippen molar-refractivity contribution in [2.24, 2.45) is 0 Å². The molecule has 1 aliphatic heterocycles. The van der Waals surface area contributed by atoms with Gasteiger partial charge in [0, 0.05) is 22.2 Å². The summed E-state index contributed by atoms with van der Waals surface area (Å²) in [6, 6.07) is 6.15. The number of nitrogens with one attached hydrogen (secondary N) is 1. The van der Waals surface area contributed by atoms with Crippen LogP contribution in [-0.4, -0.2) is 33.4 Å². The van der Waals surface area contributed by atoms with Gasteiger partial charge in [-0.15, -0.1) is 11.3 Å². The average Bonchev–Trinajstić information content (AvgIpc) is 3.15. The lowest BCUT2D eigenvalue weighted by Gasteiger charge is -2.31. The van der Waals surface area contributed by atoms with Crippen LogP contribution < -0.4 is 10.1 Å². The van der Waals surface area contributed by atoms with Crippen LogP contribution in [0.25, 0.3) is 5.70 Å². The Balaban J connectivity index is 1.68. The van der Waals surface area contributed by atoms with Crippen LogP contribution in [0, 0.1) is 5.82 Å². The summed E-state index contributed by atoms with van der Waals surface area (Å²) in [6.07, 6.45) is 1.28. The number of thiophene rings is 1. The van der Waals surface area contributed by atoms with Gasteiger partial charge >= 0.3 is 6.09 Å². The maximum atomic E-state index is 13.9. The predicted octanol–water partition coefficient (Wildman–Crippen LogP) is 4.86. The molecule has 0 radical (unpaired) electrons. The molecule has 1 amide bonds. The Labute approximate surface area is 172 Å². The first-order valence-electron chi connectivity index (χ1n) is 9.63. The molecule has 1 aromatic heterocycles. The smallest absolute Gasteiger partial charge is 0.411 e. The average molecular weight is 418 g/mol. The zero-order chi connectivity index (χ0) is 20.5. The summed E-state index contributed by atoms with van der Waals surface area (Å²) in [5, 5.41) is 25.0. The van der Waals surface area contributed by atoms with Crippen LogP contribution in [0.5, 0.6) is 5.75 Å². The van der Waals surface area contributed by atoms with E-state index in [4.69, 9.17) is 4.74 Å². The number of hydrogen-bond acceptors (Lipinski definition) is 5. The summed E-state index contributed by atoms with van der Waals surface area (Å²) in [5.74, 6) is -0.131. The van der Waals surface area contributed by atoms with Crippen LogP contribution in [0.1, 0.15) is 43.0 Å². The number of halogens is 1. The Hall–Kier alpha value is -2.58. The molecule has 1 fully saturated rings. The number of rotatable bonds is 4. The maximum absolute atomic E-state index is 13.9. The molecule has 0 bridgehead atoms. The molecule has 1 aliphatic carbocycles. The van der Waals surface area contributed by atoms with E-state index in [1.807, 2.05) is 11.4 Å². The molecular formula is C21H23FN2O4S. The number of carbonyl (C=O) groups is 1. The van der Waals surface area contributed by atoms with Gasteiger partial charge in [-0.3, -0.25) is 4.90 Å². The minimum atomic E-state index is -1.03. The minimum Gasteiger partial charge on any atom is -0.485 e. The normalized spacial score (nSPS) is 21.7. The van der Waals surface area contributed by atoms with Gasteiger partial charge in [0.25, 0.3) is 0 Å². The molecule has 0 spiro atoms. The second-order valence-electron chi connectivity index (χ2n) is 7.36. The van der Waals surface area contributed by atoms with Gasteiger partial charge in [-0.25, -0.2) is 9.18 Å². The number of fused-ring (bicyclic) bond motifs is 1. The zero-order valence-corrected chi connectivity index (χ0v) is 16.8. The van der Waals surface area contributed by atoms with Crippen molar-refractivity contribution < 1.29 is 24.1 Å². The number of amides is 1. The van der Waals surface area contributed by atoms with Crippen molar-refractivity contribution in [3.8, 4) is 5.75 Å². The summed E-state index contributed by atoms with van der Waals surface area (Å²) in [7, 11) is 0. The van der Waals surface area contributed by atoms with E-state index in [1.54, 1.807) is 13.0 Å². The van der Waals surface area contributed by atoms with Crippen LogP contribution in [0.3, 0.4) is 0 Å². The van der Waals surface area contributed by atoms with Gasteiger partial charge in [0.05, 0.1) is 24.0 Å². The predicted molar refractivity (Wildman–Crippen MR) is 109 cm³/mol. The number of anilines is 1. The molecule has 3 N–H and O–H groups in total. The van der Waals surface area contributed by atoms with E-state index in [-0.39, 0.29) is 6.10 Å². The van der Waals surface area contributed by atoms with Crippen LogP contribution in [0.15, 0.2) is 35.3 Å². The molecule has 29 heavy (non-hydrogen) atoms. The number of aliphatic hydroxyl groups excluding tert-OH is 1. The summed E-state index contributed by atoms with van der Waals surface area (Å²) in [5.41, 5.74) is 2.67. The largest absolute Gasteiger partial charge is 0.485 e. The van der Waals surface area contributed by atoms with Gasteiger partial charge in [-0.05, 0) is 49.8 Å². The Bertz CT molecular complexity index is 958. The summed E-state index contributed by atoms with van der Waals surface area (Å²) >= 11 is 1.49. The van der Waals surface area contributed by atoms with E-state index >= 15 is 0 Å². The van der Waals surface area contributed by atoms with Gasteiger partial charge in [-0.2, -0.15) is 0 Å². The Morgan fingerprint density at radius 2 is 2.10 bits per heavy atom. The van der Waals surface area contributed by atoms with Gasteiger partial charge in [0.15, 0.2) is 0 Å². The van der Waals surface area contributed by atoms with E-state index in [2.05, 4.69) is 5.32 Å². The fourth-order valence-electron chi connectivity index (χ4n) is 3.86. The van der Waals surface area contributed by atoms with Crippen molar-refractivity contribution in [1.82, 2.24) is 4.90 Å². The molecule has 6 nitrogen and oxygen atoms in total.